The quantitative estimate of drug-likeness (QED) is 0.326. The monoisotopic (exact) mass is 340 g/mol. The van der Waals surface area contributed by atoms with Crippen molar-refractivity contribution in [2.75, 3.05) is 0 Å². The lowest BCUT2D eigenvalue weighted by molar-refractivity contribution is 0.102. The number of carbonyl (C=O) groups excluding carboxylic acids is 1. The van der Waals surface area contributed by atoms with E-state index in [0.29, 0.717) is 10.8 Å². The topological polar surface area (TPSA) is 30.2 Å². The molecule has 0 aliphatic rings. The third-order valence-electron chi connectivity index (χ3n) is 3.13. The number of rotatable bonds is 5. The Bertz CT molecular complexity index is 806. The normalized spacial score (nSPS) is 11.4. The first-order valence-corrected chi connectivity index (χ1v) is 8.20. The van der Waals surface area contributed by atoms with Crippen LogP contribution in [0.2, 0.25) is 5.02 Å². The Balaban J connectivity index is 1.94. The second-order valence-corrected chi connectivity index (χ2v) is 6.32. The highest BCUT2D eigenvalue weighted by Gasteiger charge is 2.11. The molecule has 2 aromatic carbocycles. The number of hydrogen-bond acceptors (Lipinski definition) is 3. The van der Waals surface area contributed by atoms with Crippen LogP contribution < -0.4 is 0 Å². The average molecular weight is 341 g/mol. The summed E-state index contributed by atoms with van der Waals surface area (Å²) >= 11 is 7.44. The van der Waals surface area contributed by atoms with Crippen molar-refractivity contribution in [3.05, 3.63) is 95.4 Å². The van der Waals surface area contributed by atoms with Gasteiger partial charge in [-0.3, -0.25) is 4.79 Å². The molecule has 0 N–H and O–H groups in total. The summed E-state index contributed by atoms with van der Waals surface area (Å²) in [6, 6.07) is 20.7. The maximum atomic E-state index is 12.3. The van der Waals surface area contributed by atoms with E-state index in [1.165, 1.54) is 18.0 Å². The molecule has 114 valence electrons. The molecule has 0 amide bonds. The number of hydrogen-bond donors (Lipinski definition) is 0. The summed E-state index contributed by atoms with van der Waals surface area (Å²) in [5.41, 5.74) is 0.979. The molecule has 3 aromatic rings. The summed E-state index contributed by atoms with van der Waals surface area (Å²) in [4.78, 5) is 14.2. The first kappa shape index (κ1) is 15.7. The van der Waals surface area contributed by atoms with E-state index in [9.17, 15) is 4.79 Å². The second-order valence-electron chi connectivity index (χ2n) is 4.77. The fourth-order valence-corrected chi connectivity index (χ4v) is 3.08. The van der Waals surface area contributed by atoms with Gasteiger partial charge in [-0.25, -0.2) is 0 Å². The Kier molecular flexibility index (Phi) is 5.01. The summed E-state index contributed by atoms with van der Waals surface area (Å²) in [6.45, 7) is 0. The molecule has 0 aliphatic heterocycles. The van der Waals surface area contributed by atoms with Gasteiger partial charge in [-0.15, -0.1) is 0 Å². The third kappa shape index (κ3) is 4.15. The van der Waals surface area contributed by atoms with Gasteiger partial charge in [-0.2, -0.15) is 0 Å². The van der Waals surface area contributed by atoms with Gasteiger partial charge in [0, 0.05) is 20.9 Å². The van der Waals surface area contributed by atoms with Gasteiger partial charge in [0.15, 0.2) is 5.76 Å². The van der Waals surface area contributed by atoms with Crippen molar-refractivity contribution < 1.29 is 9.21 Å². The molecule has 0 unspecified atom stereocenters. The zero-order valence-corrected chi connectivity index (χ0v) is 13.7. The molecule has 2 nitrogen and oxygen atoms in total. The highest BCUT2D eigenvalue weighted by molar-refractivity contribution is 8.08. The minimum Gasteiger partial charge on any atom is -0.461 e. The standard InChI is InChI=1S/C19H13ClO2S/c20-15-8-10-16(11-9-15)23-19(14-5-2-1-3-6-14)13-17(21)18-7-4-12-22-18/h1-13H/b19-13+. The van der Waals surface area contributed by atoms with Crippen LogP contribution in [0, 0.1) is 0 Å². The van der Waals surface area contributed by atoms with Crippen molar-refractivity contribution in [2.24, 2.45) is 0 Å². The van der Waals surface area contributed by atoms with Crippen LogP contribution >= 0.6 is 23.4 Å². The first-order chi connectivity index (χ1) is 11.2. The molecule has 0 radical (unpaired) electrons. The van der Waals surface area contributed by atoms with Crippen molar-refractivity contribution in [3.8, 4) is 0 Å². The lowest BCUT2D eigenvalue weighted by Crippen LogP contribution is -1.93. The minimum absolute atomic E-state index is 0.157. The van der Waals surface area contributed by atoms with E-state index >= 15 is 0 Å². The molecular formula is C19H13ClO2S. The molecule has 0 atom stereocenters. The largest absolute Gasteiger partial charge is 0.461 e. The number of halogens is 1. The zero-order chi connectivity index (χ0) is 16.1. The Labute approximate surface area is 143 Å². The summed E-state index contributed by atoms with van der Waals surface area (Å²) in [5.74, 6) is 0.172. The highest BCUT2D eigenvalue weighted by atomic mass is 35.5. The fourth-order valence-electron chi connectivity index (χ4n) is 2.01. The highest BCUT2D eigenvalue weighted by Crippen LogP contribution is 2.35. The number of thioether (sulfide) groups is 1. The van der Waals surface area contributed by atoms with Crippen LogP contribution in [0.5, 0.6) is 0 Å². The van der Waals surface area contributed by atoms with E-state index in [2.05, 4.69) is 0 Å². The number of ketones is 1. The summed E-state index contributed by atoms with van der Waals surface area (Å²) in [5, 5.41) is 0.686. The number of benzene rings is 2. The van der Waals surface area contributed by atoms with Crippen LogP contribution in [0.1, 0.15) is 16.1 Å². The van der Waals surface area contributed by atoms with Crippen LogP contribution in [0.3, 0.4) is 0 Å². The van der Waals surface area contributed by atoms with E-state index in [1.54, 1.807) is 18.2 Å². The van der Waals surface area contributed by atoms with Crippen molar-refractivity contribution in [3.63, 3.8) is 0 Å². The molecule has 3 rings (SSSR count). The predicted octanol–water partition coefficient (Wildman–Crippen LogP) is 5.95. The Hall–Kier alpha value is -2.23. The summed E-state index contributed by atoms with van der Waals surface area (Å²) < 4.78 is 5.18. The molecule has 0 fully saturated rings. The van der Waals surface area contributed by atoms with Gasteiger partial charge in [0.05, 0.1) is 6.26 Å². The van der Waals surface area contributed by atoms with Gasteiger partial charge in [0.25, 0.3) is 0 Å². The number of furan rings is 1. The smallest absolute Gasteiger partial charge is 0.222 e. The molecule has 0 aliphatic carbocycles. The van der Waals surface area contributed by atoms with E-state index in [1.807, 2.05) is 54.6 Å². The zero-order valence-electron chi connectivity index (χ0n) is 12.1. The van der Waals surface area contributed by atoms with Gasteiger partial charge in [0.2, 0.25) is 5.78 Å². The Morgan fingerprint density at radius 3 is 2.35 bits per heavy atom. The molecule has 0 saturated heterocycles. The Morgan fingerprint density at radius 2 is 1.70 bits per heavy atom. The lowest BCUT2D eigenvalue weighted by Gasteiger charge is -2.07. The average Bonchev–Trinajstić information content (AvgIpc) is 3.12. The van der Waals surface area contributed by atoms with Crippen LogP contribution in [0.4, 0.5) is 0 Å². The molecule has 0 bridgehead atoms. The van der Waals surface area contributed by atoms with E-state index in [-0.39, 0.29) is 5.78 Å². The van der Waals surface area contributed by atoms with Gasteiger partial charge < -0.3 is 4.42 Å². The molecular weight excluding hydrogens is 328 g/mol. The van der Waals surface area contributed by atoms with Crippen molar-refractivity contribution >= 4 is 34.1 Å². The predicted molar refractivity (Wildman–Crippen MR) is 94.8 cm³/mol. The first-order valence-electron chi connectivity index (χ1n) is 7.01. The molecule has 23 heavy (non-hydrogen) atoms. The number of allylic oxidation sites excluding steroid dienone is 1. The SMILES string of the molecule is O=C(/C=C(/Sc1ccc(Cl)cc1)c1ccccc1)c1ccco1. The van der Waals surface area contributed by atoms with E-state index < -0.39 is 0 Å². The van der Waals surface area contributed by atoms with Gasteiger partial charge in [0.1, 0.15) is 0 Å². The summed E-state index contributed by atoms with van der Waals surface area (Å²) in [7, 11) is 0. The van der Waals surface area contributed by atoms with Crippen molar-refractivity contribution in [2.45, 2.75) is 4.90 Å². The lowest BCUT2D eigenvalue weighted by atomic mass is 10.2. The molecule has 0 spiro atoms. The van der Waals surface area contributed by atoms with Crippen molar-refractivity contribution in [1.29, 1.82) is 0 Å². The van der Waals surface area contributed by atoms with Crippen LogP contribution in [-0.4, -0.2) is 5.78 Å². The maximum absolute atomic E-state index is 12.3. The number of carbonyl (C=O) groups is 1. The second kappa shape index (κ2) is 7.36. The van der Waals surface area contributed by atoms with Gasteiger partial charge >= 0.3 is 0 Å². The molecule has 0 saturated carbocycles. The van der Waals surface area contributed by atoms with Crippen LogP contribution in [-0.2, 0) is 0 Å². The van der Waals surface area contributed by atoms with E-state index in [4.69, 9.17) is 16.0 Å². The minimum atomic E-state index is -0.157. The van der Waals surface area contributed by atoms with Crippen molar-refractivity contribution in [1.82, 2.24) is 0 Å². The molecule has 1 aromatic heterocycles. The summed E-state index contributed by atoms with van der Waals surface area (Å²) in [6.07, 6.45) is 3.10. The van der Waals surface area contributed by atoms with Gasteiger partial charge in [-0.1, -0.05) is 53.7 Å². The third-order valence-corrected chi connectivity index (χ3v) is 4.46. The van der Waals surface area contributed by atoms with Crippen LogP contribution in [0.15, 0.2) is 88.4 Å². The molecule has 4 heteroatoms. The van der Waals surface area contributed by atoms with Crippen LogP contribution in [0.25, 0.3) is 4.91 Å². The molecule has 1 heterocycles. The van der Waals surface area contributed by atoms with Gasteiger partial charge in [-0.05, 0) is 42.0 Å². The maximum Gasteiger partial charge on any atom is 0.222 e. The fraction of sp³-hybridized carbons (Fsp3) is 0. The Morgan fingerprint density at radius 1 is 0.957 bits per heavy atom. The van der Waals surface area contributed by atoms with E-state index in [0.717, 1.165) is 15.4 Å².